The van der Waals surface area contributed by atoms with Gasteiger partial charge in [0.15, 0.2) is 5.96 Å². The molecule has 0 unspecified atom stereocenters. The molecular formula is C23H28IN5O2. The first-order valence-electron chi connectivity index (χ1n) is 10.3. The second-order valence-electron chi connectivity index (χ2n) is 7.61. The average molecular weight is 533 g/mol. The Morgan fingerprint density at radius 1 is 1.03 bits per heavy atom. The zero-order valence-corrected chi connectivity index (χ0v) is 20.0. The van der Waals surface area contributed by atoms with Crippen molar-refractivity contribution in [2.45, 2.75) is 19.5 Å². The SMILES string of the molecule is CN=C(NCc1ccc(C(=O)N2CCNC(=O)C2)cc1)N1CCc2ccccc2C1.I. The summed E-state index contributed by atoms with van der Waals surface area (Å²) in [7, 11) is 1.80. The van der Waals surface area contributed by atoms with Crippen LogP contribution in [0.2, 0.25) is 0 Å². The van der Waals surface area contributed by atoms with Gasteiger partial charge >= 0.3 is 0 Å². The van der Waals surface area contributed by atoms with Gasteiger partial charge in [0.2, 0.25) is 5.91 Å². The van der Waals surface area contributed by atoms with Crippen LogP contribution in [-0.2, 0) is 24.3 Å². The van der Waals surface area contributed by atoms with Crippen molar-refractivity contribution in [2.75, 3.05) is 33.2 Å². The smallest absolute Gasteiger partial charge is 0.254 e. The average Bonchev–Trinajstić information content (AvgIpc) is 2.79. The van der Waals surface area contributed by atoms with Crippen LogP contribution >= 0.6 is 24.0 Å². The molecule has 2 aliphatic rings. The van der Waals surface area contributed by atoms with E-state index in [1.54, 1.807) is 11.9 Å². The molecule has 2 aromatic rings. The molecule has 8 heteroatoms. The zero-order valence-electron chi connectivity index (χ0n) is 17.6. The van der Waals surface area contributed by atoms with Crippen molar-refractivity contribution in [3.05, 3.63) is 70.8 Å². The minimum Gasteiger partial charge on any atom is -0.353 e. The fourth-order valence-corrected chi connectivity index (χ4v) is 3.95. The van der Waals surface area contributed by atoms with Crippen LogP contribution in [0.4, 0.5) is 0 Å². The maximum absolute atomic E-state index is 12.6. The second-order valence-corrected chi connectivity index (χ2v) is 7.61. The molecule has 7 nitrogen and oxygen atoms in total. The Labute approximate surface area is 199 Å². The molecule has 1 fully saturated rings. The van der Waals surface area contributed by atoms with E-state index in [1.165, 1.54) is 11.1 Å². The molecule has 2 N–H and O–H groups in total. The number of fused-ring (bicyclic) bond motifs is 1. The number of aliphatic imine (C=N–C) groups is 1. The molecule has 0 spiro atoms. The summed E-state index contributed by atoms with van der Waals surface area (Å²) in [6.45, 7) is 3.60. The predicted molar refractivity (Wildman–Crippen MR) is 132 cm³/mol. The molecule has 1 saturated heterocycles. The number of piperazine rings is 1. The maximum Gasteiger partial charge on any atom is 0.254 e. The Kier molecular flexibility index (Phi) is 7.89. The number of carbonyl (C=O) groups is 2. The first-order chi connectivity index (χ1) is 14.6. The summed E-state index contributed by atoms with van der Waals surface area (Å²) in [4.78, 5) is 32.4. The fraction of sp³-hybridized carbons (Fsp3) is 0.348. The number of hydrogen-bond acceptors (Lipinski definition) is 3. The van der Waals surface area contributed by atoms with Gasteiger partial charge in [0.1, 0.15) is 0 Å². The summed E-state index contributed by atoms with van der Waals surface area (Å²) < 4.78 is 0. The van der Waals surface area contributed by atoms with Gasteiger partial charge in [-0.05, 0) is 35.2 Å². The lowest BCUT2D eigenvalue weighted by Gasteiger charge is -2.31. The Morgan fingerprint density at radius 3 is 2.48 bits per heavy atom. The topological polar surface area (TPSA) is 77.0 Å². The van der Waals surface area contributed by atoms with Crippen LogP contribution < -0.4 is 10.6 Å². The first kappa shape index (κ1) is 23.1. The third-order valence-corrected chi connectivity index (χ3v) is 5.62. The van der Waals surface area contributed by atoms with E-state index in [-0.39, 0.29) is 42.3 Å². The number of carbonyl (C=O) groups excluding carboxylic acids is 2. The van der Waals surface area contributed by atoms with Crippen molar-refractivity contribution in [3.8, 4) is 0 Å². The lowest BCUT2D eigenvalue weighted by Crippen LogP contribution is -2.49. The number of amides is 2. The summed E-state index contributed by atoms with van der Waals surface area (Å²) in [6.07, 6.45) is 1.02. The van der Waals surface area contributed by atoms with E-state index in [9.17, 15) is 9.59 Å². The van der Waals surface area contributed by atoms with E-state index in [0.29, 0.717) is 25.2 Å². The quantitative estimate of drug-likeness (QED) is 0.360. The predicted octanol–water partition coefficient (Wildman–Crippen LogP) is 2.01. The number of hydrogen-bond donors (Lipinski definition) is 2. The normalized spacial score (nSPS) is 16.2. The monoisotopic (exact) mass is 533 g/mol. The number of benzene rings is 2. The van der Waals surface area contributed by atoms with E-state index in [1.807, 2.05) is 24.3 Å². The number of guanidine groups is 1. The molecule has 2 aromatic carbocycles. The van der Waals surface area contributed by atoms with Crippen molar-refractivity contribution >= 4 is 41.8 Å². The van der Waals surface area contributed by atoms with Crippen molar-refractivity contribution < 1.29 is 9.59 Å². The number of rotatable bonds is 3. The molecule has 0 aliphatic carbocycles. The van der Waals surface area contributed by atoms with Crippen LogP contribution in [0.15, 0.2) is 53.5 Å². The van der Waals surface area contributed by atoms with Gasteiger partial charge in [0.05, 0.1) is 6.54 Å². The Balaban J connectivity index is 0.00000272. The summed E-state index contributed by atoms with van der Waals surface area (Å²) in [5.41, 5.74) is 4.43. The maximum atomic E-state index is 12.6. The van der Waals surface area contributed by atoms with E-state index in [2.05, 4.69) is 44.8 Å². The van der Waals surface area contributed by atoms with Crippen LogP contribution in [0, 0.1) is 0 Å². The van der Waals surface area contributed by atoms with Gasteiger partial charge in [-0.1, -0.05) is 36.4 Å². The number of halogens is 1. The molecule has 0 bridgehead atoms. The Morgan fingerprint density at radius 2 is 1.77 bits per heavy atom. The standard InChI is InChI=1S/C23H27N5O2.HI/c1-24-23(28-12-10-18-4-2-3-5-20(18)15-28)26-14-17-6-8-19(9-7-17)22(30)27-13-11-25-21(29)16-27;/h2-9H,10-16H2,1H3,(H,24,26)(H,25,29);1H. The van der Waals surface area contributed by atoms with E-state index < -0.39 is 0 Å². The van der Waals surface area contributed by atoms with Gasteiger partial charge in [-0.2, -0.15) is 0 Å². The third-order valence-electron chi connectivity index (χ3n) is 5.62. The van der Waals surface area contributed by atoms with Crippen LogP contribution in [0.25, 0.3) is 0 Å². The largest absolute Gasteiger partial charge is 0.353 e. The molecule has 2 amide bonds. The van der Waals surface area contributed by atoms with E-state index in [0.717, 1.165) is 31.0 Å². The highest BCUT2D eigenvalue weighted by molar-refractivity contribution is 14.0. The van der Waals surface area contributed by atoms with Crippen molar-refractivity contribution in [3.63, 3.8) is 0 Å². The second kappa shape index (κ2) is 10.6. The number of nitrogens with zero attached hydrogens (tertiary/aromatic N) is 3. The summed E-state index contributed by atoms with van der Waals surface area (Å²) in [6, 6.07) is 16.1. The van der Waals surface area contributed by atoms with Crippen LogP contribution in [0.1, 0.15) is 27.0 Å². The minimum atomic E-state index is -0.109. The third kappa shape index (κ3) is 5.55. The molecule has 0 radical (unpaired) electrons. The number of nitrogens with one attached hydrogen (secondary N) is 2. The van der Waals surface area contributed by atoms with Crippen LogP contribution in [0.3, 0.4) is 0 Å². The van der Waals surface area contributed by atoms with Crippen LogP contribution in [0.5, 0.6) is 0 Å². The van der Waals surface area contributed by atoms with Crippen molar-refractivity contribution in [2.24, 2.45) is 4.99 Å². The summed E-state index contributed by atoms with van der Waals surface area (Å²) in [5.74, 6) is 0.665. The molecule has 2 aliphatic heterocycles. The van der Waals surface area contributed by atoms with Crippen molar-refractivity contribution in [1.29, 1.82) is 0 Å². The first-order valence-corrected chi connectivity index (χ1v) is 10.3. The van der Waals surface area contributed by atoms with Gasteiger partial charge in [-0.25, -0.2) is 0 Å². The van der Waals surface area contributed by atoms with Gasteiger partial charge in [-0.15, -0.1) is 24.0 Å². The molecule has 4 rings (SSSR count). The van der Waals surface area contributed by atoms with Gasteiger partial charge in [0.25, 0.3) is 5.91 Å². The highest BCUT2D eigenvalue weighted by Gasteiger charge is 2.22. The lowest BCUT2D eigenvalue weighted by atomic mass is 10.0. The van der Waals surface area contributed by atoms with Gasteiger partial charge in [0, 0.05) is 45.3 Å². The highest BCUT2D eigenvalue weighted by Crippen LogP contribution is 2.18. The molecule has 0 saturated carbocycles. The summed E-state index contributed by atoms with van der Waals surface area (Å²) >= 11 is 0. The Hall–Kier alpha value is -2.62. The molecule has 0 aromatic heterocycles. The molecule has 0 atom stereocenters. The van der Waals surface area contributed by atoms with E-state index in [4.69, 9.17) is 0 Å². The Bertz CT molecular complexity index is 961. The van der Waals surface area contributed by atoms with E-state index >= 15 is 0 Å². The fourth-order valence-electron chi connectivity index (χ4n) is 3.95. The lowest BCUT2D eigenvalue weighted by molar-refractivity contribution is -0.123. The summed E-state index contributed by atoms with van der Waals surface area (Å²) in [5, 5.41) is 6.17. The molecule has 164 valence electrons. The molecule has 2 heterocycles. The van der Waals surface area contributed by atoms with Crippen LogP contribution in [-0.4, -0.2) is 60.8 Å². The highest BCUT2D eigenvalue weighted by atomic mass is 127. The molecule has 31 heavy (non-hydrogen) atoms. The van der Waals surface area contributed by atoms with Gasteiger partial charge in [-0.3, -0.25) is 14.6 Å². The minimum absolute atomic E-state index is 0. The molecular weight excluding hydrogens is 505 g/mol. The van der Waals surface area contributed by atoms with Crippen molar-refractivity contribution in [1.82, 2.24) is 20.4 Å². The zero-order chi connectivity index (χ0) is 20.9. The van der Waals surface area contributed by atoms with Gasteiger partial charge < -0.3 is 20.4 Å².